The van der Waals surface area contributed by atoms with Crippen LogP contribution in [0.15, 0.2) is 84.9 Å². The van der Waals surface area contributed by atoms with Crippen LogP contribution in [0.25, 0.3) is 0 Å². The molecule has 2 heteroatoms. The maximum atomic E-state index is 14.4. The van der Waals surface area contributed by atoms with Gasteiger partial charge in [-0.25, -0.2) is 0 Å². The minimum Gasteiger partial charge on any atom is -0.309 e. The van der Waals surface area contributed by atoms with E-state index in [4.69, 9.17) is 0 Å². The van der Waals surface area contributed by atoms with Gasteiger partial charge in [0, 0.05) is 15.9 Å². The topological polar surface area (TPSA) is 17.1 Å². The van der Waals surface area contributed by atoms with Crippen molar-refractivity contribution in [1.82, 2.24) is 0 Å². The van der Waals surface area contributed by atoms with E-state index in [1.54, 1.807) is 0 Å². The highest BCUT2D eigenvalue weighted by atomic mass is 31.2. The minimum atomic E-state index is -2.86. The third kappa shape index (κ3) is 5.52. The average molecular weight is 419 g/mol. The van der Waals surface area contributed by atoms with Crippen molar-refractivity contribution in [3.63, 3.8) is 0 Å². The molecule has 3 aromatic rings. The van der Waals surface area contributed by atoms with Gasteiger partial charge in [0.15, 0.2) is 7.14 Å². The smallest absolute Gasteiger partial charge is 0.171 e. The molecule has 1 unspecified atom stereocenters. The van der Waals surface area contributed by atoms with Crippen LogP contribution < -0.4 is 15.9 Å². The standard InChI is InChI=1S/C28H35OP/c1-3-4-5-6-7-10-15-24(2)25-20-22-28(23-21-25)30(29,26-16-11-8-12-17-26)27-18-13-9-14-19-27/h8-9,11-14,16-24H,3-7,10,15H2,1-2H3. The number of benzene rings is 3. The molecule has 0 saturated heterocycles. The van der Waals surface area contributed by atoms with E-state index < -0.39 is 7.14 Å². The third-order valence-electron chi connectivity index (χ3n) is 6.06. The second-order valence-electron chi connectivity index (χ2n) is 8.33. The first kappa shape index (κ1) is 22.6. The summed E-state index contributed by atoms with van der Waals surface area (Å²) >= 11 is 0. The molecule has 0 heterocycles. The van der Waals surface area contributed by atoms with Crippen LogP contribution in [-0.2, 0) is 4.57 Å². The fourth-order valence-corrected chi connectivity index (χ4v) is 6.78. The molecule has 0 radical (unpaired) electrons. The summed E-state index contributed by atoms with van der Waals surface area (Å²) in [5, 5.41) is 2.70. The van der Waals surface area contributed by atoms with Crippen molar-refractivity contribution in [2.45, 2.75) is 64.7 Å². The molecule has 3 aromatic carbocycles. The zero-order valence-electron chi connectivity index (χ0n) is 18.5. The quantitative estimate of drug-likeness (QED) is 0.238. The average Bonchev–Trinajstić information content (AvgIpc) is 2.82. The summed E-state index contributed by atoms with van der Waals surface area (Å²) in [6, 6.07) is 28.4. The molecule has 1 nitrogen and oxygen atoms in total. The van der Waals surface area contributed by atoms with Crippen molar-refractivity contribution in [2.75, 3.05) is 0 Å². The Kier molecular flexibility index (Phi) is 8.52. The monoisotopic (exact) mass is 418 g/mol. The lowest BCUT2D eigenvalue weighted by Crippen LogP contribution is -2.25. The van der Waals surface area contributed by atoms with Gasteiger partial charge in [-0.1, -0.05) is 137 Å². The van der Waals surface area contributed by atoms with Gasteiger partial charge in [0.05, 0.1) is 0 Å². The van der Waals surface area contributed by atoms with E-state index in [1.807, 2.05) is 60.7 Å². The molecule has 0 saturated carbocycles. The van der Waals surface area contributed by atoms with Crippen LogP contribution in [0.4, 0.5) is 0 Å². The lowest BCUT2D eigenvalue weighted by molar-refractivity contribution is 0.557. The highest BCUT2D eigenvalue weighted by Gasteiger charge is 2.29. The lowest BCUT2D eigenvalue weighted by atomic mass is 9.95. The second-order valence-corrected chi connectivity index (χ2v) is 11.1. The maximum Gasteiger partial charge on any atom is 0.171 e. The van der Waals surface area contributed by atoms with Crippen molar-refractivity contribution in [3.8, 4) is 0 Å². The highest BCUT2D eigenvalue weighted by molar-refractivity contribution is 7.85. The fraction of sp³-hybridized carbons (Fsp3) is 0.357. The first-order chi connectivity index (χ1) is 14.7. The van der Waals surface area contributed by atoms with Crippen LogP contribution in [0.3, 0.4) is 0 Å². The summed E-state index contributed by atoms with van der Waals surface area (Å²) in [6.07, 6.45) is 9.24. The summed E-state index contributed by atoms with van der Waals surface area (Å²) in [4.78, 5) is 0. The fourth-order valence-electron chi connectivity index (χ4n) is 4.13. The molecular formula is C28H35OP. The molecule has 0 aliphatic heterocycles. The summed E-state index contributed by atoms with van der Waals surface area (Å²) in [7, 11) is -2.86. The van der Waals surface area contributed by atoms with Crippen molar-refractivity contribution in [3.05, 3.63) is 90.5 Å². The van der Waals surface area contributed by atoms with Crippen molar-refractivity contribution >= 4 is 23.1 Å². The largest absolute Gasteiger partial charge is 0.309 e. The molecular weight excluding hydrogens is 383 g/mol. The minimum absolute atomic E-state index is 0.540. The Morgan fingerprint density at radius 1 is 0.633 bits per heavy atom. The van der Waals surface area contributed by atoms with Crippen LogP contribution in [0.2, 0.25) is 0 Å². The molecule has 1 atom stereocenters. The van der Waals surface area contributed by atoms with E-state index in [0.717, 1.165) is 15.9 Å². The zero-order valence-corrected chi connectivity index (χ0v) is 19.4. The van der Waals surface area contributed by atoms with Crippen LogP contribution in [0.5, 0.6) is 0 Å². The maximum absolute atomic E-state index is 14.4. The van der Waals surface area contributed by atoms with E-state index in [1.165, 1.54) is 50.5 Å². The Hall–Kier alpha value is -2.11. The Labute approximate surface area is 182 Å². The molecule has 0 bridgehead atoms. The summed E-state index contributed by atoms with van der Waals surface area (Å²) < 4.78 is 14.4. The lowest BCUT2D eigenvalue weighted by Gasteiger charge is -2.21. The van der Waals surface area contributed by atoms with Gasteiger partial charge in [-0.15, -0.1) is 0 Å². The molecule has 0 aromatic heterocycles. The van der Waals surface area contributed by atoms with Crippen LogP contribution in [0.1, 0.15) is 70.3 Å². The third-order valence-corrected chi connectivity index (χ3v) is 9.13. The van der Waals surface area contributed by atoms with E-state index in [2.05, 4.69) is 38.1 Å². The highest BCUT2D eigenvalue weighted by Crippen LogP contribution is 2.42. The van der Waals surface area contributed by atoms with Gasteiger partial charge in [0.2, 0.25) is 0 Å². The molecule has 3 rings (SSSR count). The van der Waals surface area contributed by atoms with Gasteiger partial charge in [-0.3, -0.25) is 0 Å². The first-order valence-corrected chi connectivity index (χ1v) is 13.2. The SMILES string of the molecule is CCCCCCCCC(C)c1ccc(P(=O)(c2ccccc2)c2ccccc2)cc1. The first-order valence-electron chi connectivity index (χ1n) is 11.5. The van der Waals surface area contributed by atoms with Gasteiger partial charge < -0.3 is 4.57 Å². The van der Waals surface area contributed by atoms with Crippen molar-refractivity contribution in [2.24, 2.45) is 0 Å². The Morgan fingerprint density at radius 3 is 1.63 bits per heavy atom. The molecule has 158 valence electrons. The van der Waals surface area contributed by atoms with E-state index in [0.29, 0.717) is 5.92 Å². The molecule has 30 heavy (non-hydrogen) atoms. The molecule has 0 fully saturated rings. The van der Waals surface area contributed by atoms with Gasteiger partial charge in [-0.2, -0.15) is 0 Å². The summed E-state index contributed by atoms with van der Waals surface area (Å²) in [5.74, 6) is 0.540. The molecule has 0 aliphatic rings. The normalized spacial score (nSPS) is 12.6. The van der Waals surface area contributed by atoms with Gasteiger partial charge >= 0.3 is 0 Å². The van der Waals surface area contributed by atoms with Crippen molar-refractivity contribution < 1.29 is 4.57 Å². The molecule has 0 aliphatic carbocycles. The van der Waals surface area contributed by atoms with Gasteiger partial charge in [-0.05, 0) is 17.9 Å². The predicted octanol–water partition coefficient (Wildman–Crippen LogP) is 7.18. The van der Waals surface area contributed by atoms with Crippen molar-refractivity contribution in [1.29, 1.82) is 0 Å². The van der Waals surface area contributed by atoms with Crippen LogP contribution in [-0.4, -0.2) is 0 Å². The Bertz CT molecular complexity index is 872. The van der Waals surface area contributed by atoms with Gasteiger partial charge in [0.25, 0.3) is 0 Å². The second kappa shape index (κ2) is 11.3. The van der Waals surface area contributed by atoms with Crippen LogP contribution >= 0.6 is 7.14 Å². The summed E-state index contributed by atoms with van der Waals surface area (Å²) in [5.41, 5.74) is 1.35. The molecule has 0 N–H and O–H groups in total. The number of rotatable bonds is 11. The number of hydrogen-bond donors (Lipinski definition) is 0. The predicted molar refractivity (Wildman–Crippen MR) is 132 cm³/mol. The van der Waals surface area contributed by atoms with E-state index in [9.17, 15) is 4.57 Å². The zero-order chi connectivity index (χ0) is 21.2. The molecule has 0 spiro atoms. The Balaban J connectivity index is 1.76. The van der Waals surface area contributed by atoms with Crippen LogP contribution in [0, 0.1) is 0 Å². The number of hydrogen-bond acceptors (Lipinski definition) is 1. The Morgan fingerprint density at radius 2 is 1.10 bits per heavy atom. The van der Waals surface area contributed by atoms with E-state index >= 15 is 0 Å². The number of unbranched alkanes of at least 4 members (excludes halogenated alkanes) is 5. The van der Waals surface area contributed by atoms with Gasteiger partial charge in [0.1, 0.15) is 0 Å². The molecule has 0 amide bonds. The summed E-state index contributed by atoms with van der Waals surface area (Å²) in [6.45, 7) is 4.58. The van der Waals surface area contributed by atoms with E-state index in [-0.39, 0.29) is 0 Å².